The number of alkyl halides is 3. The second-order valence-corrected chi connectivity index (χ2v) is 6.30. The minimum Gasteiger partial charge on any atom is -0.334 e. The van der Waals surface area contributed by atoms with E-state index in [1.807, 2.05) is 7.05 Å². The van der Waals surface area contributed by atoms with Gasteiger partial charge in [-0.3, -0.25) is 9.48 Å². The van der Waals surface area contributed by atoms with E-state index in [0.29, 0.717) is 18.7 Å². The molecule has 0 unspecified atom stereocenters. The fraction of sp³-hybridized carbons (Fsp3) is 0.412. The van der Waals surface area contributed by atoms with Crippen LogP contribution in [-0.2, 0) is 12.7 Å². The molecule has 1 aliphatic heterocycles. The van der Waals surface area contributed by atoms with Crippen LogP contribution in [0.15, 0.2) is 36.5 Å². The van der Waals surface area contributed by atoms with Gasteiger partial charge in [0.1, 0.15) is 0 Å². The van der Waals surface area contributed by atoms with Crippen molar-refractivity contribution in [2.24, 2.45) is 0 Å². The van der Waals surface area contributed by atoms with Crippen molar-refractivity contribution in [1.82, 2.24) is 14.7 Å². The summed E-state index contributed by atoms with van der Waals surface area (Å²) in [6.45, 7) is 2.32. The summed E-state index contributed by atoms with van der Waals surface area (Å²) in [6.07, 6.45) is -3.60. The molecule has 0 bridgehead atoms. The van der Waals surface area contributed by atoms with Crippen LogP contribution < -0.4 is 4.90 Å². The highest BCUT2D eigenvalue weighted by Gasteiger charge is 2.41. The fourth-order valence-corrected chi connectivity index (χ4v) is 2.98. The van der Waals surface area contributed by atoms with E-state index in [2.05, 4.69) is 5.10 Å². The SMILES string of the molecule is C[NH+]1CCN(C(=O)c2cnn(Cc3ccccc3)c2C(F)(F)F)CC1. The minimum absolute atomic E-state index is 0.0319. The molecule has 0 saturated carbocycles. The molecule has 0 atom stereocenters. The summed E-state index contributed by atoms with van der Waals surface area (Å²) in [5, 5.41) is 3.85. The monoisotopic (exact) mass is 353 g/mol. The van der Waals surface area contributed by atoms with Crippen LogP contribution in [0.2, 0.25) is 0 Å². The summed E-state index contributed by atoms with van der Waals surface area (Å²) in [4.78, 5) is 15.3. The molecule has 134 valence electrons. The molecular weight excluding hydrogens is 333 g/mol. The Morgan fingerprint density at radius 1 is 1.20 bits per heavy atom. The number of halogens is 3. The maximum atomic E-state index is 13.6. The van der Waals surface area contributed by atoms with E-state index in [1.165, 1.54) is 9.80 Å². The Bertz CT molecular complexity index is 734. The van der Waals surface area contributed by atoms with Gasteiger partial charge in [-0.15, -0.1) is 0 Å². The predicted molar refractivity (Wildman–Crippen MR) is 85.3 cm³/mol. The van der Waals surface area contributed by atoms with Gasteiger partial charge in [0.25, 0.3) is 5.91 Å². The molecule has 1 fully saturated rings. The summed E-state index contributed by atoms with van der Waals surface area (Å²) in [5.74, 6) is -0.598. The van der Waals surface area contributed by atoms with Crippen molar-refractivity contribution in [2.75, 3.05) is 33.2 Å². The number of nitrogens with one attached hydrogen (secondary N) is 1. The Morgan fingerprint density at radius 2 is 1.84 bits per heavy atom. The molecule has 2 aromatic rings. The third kappa shape index (κ3) is 3.84. The van der Waals surface area contributed by atoms with Crippen molar-refractivity contribution in [2.45, 2.75) is 12.7 Å². The van der Waals surface area contributed by atoms with Gasteiger partial charge in [-0.05, 0) is 5.56 Å². The van der Waals surface area contributed by atoms with Crippen LogP contribution in [0.25, 0.3) is 0 Å². The summed E-state index contributed by atoms with van der Waals surface area (Å²) in [5.41, 5.74) is -0.658. The number of rotatable bonds is 3. The molecule has 1 amide bonds. The number of nitrogens with zero attached hydrogens (tertiary/aromatic N) is 3. The Labute approximate surface area is 143 Å². The zero-order valence-electron chi connectivity index (χ0n) is 13.9. The lowest BCUT2D eigenvalue weighted by atomic mass is 10.1. The van der Waals surface area contributed by atoms with Gasteiger partial charge in [0.2, 0.25) is 0 Å². The number of carbonyl (C=O) groups excluding carboxylic acids is 1. The highest BCUT2D eigenvalue weighted by Crippen LogP contribution is 2.33. The molecule has 2 heterocycles. The normalized spacial score (nSPS) is 16.2. The van der Waals surface area contributed by atoms with Crippen molar-refractivity contribution in [3.8, 4) is 0 Å². The molecule has 8 heteroatoms. The smallest absolute Gasteiger partial charge is 0.334 e. The second kappa shape index (κ2) is 6.87. The quantitative estimate of drug-likeness (QED) is 0.892. The fourth-order valence-electron chi connectivity index (χ4n) is 2.98. The van der Waals surface area contributed by atoms with Crippen molar-refractivity contribution in [1.29, 1.82) is 0 Å². The van der Waals surface area contributed by atoms with Gasteiger partial charge >= 0.3 is 6.18 Å². The van der Waals surface area contributed by atoms with E-state index >= 15 is 0 Å². The number of carbonyl (C=O) groups is 1. The number of aromatic nitrogens is 2. The lowest BCUT2D eigenvalue weighted by molar-refractivity contribution is -0.883. The number of hydrogen-bond donors (Lipinski definition) is 1. The van der Waals surface area contributed by atoms with Crippen LogP contribution in [0, 0.1) is 0 Å². The van der Waals surface area contributed by atoms with E-state index in [1.54, 1.807) is 30.3 Å². The van der Waals surface area contributed by atoms with E-state index in [9.17, 15) is 18.0 Å². The van der Waals surface area contributed by atoms with E-state index in [4.69, 9.17) is 0 Å². The van der Waals surface area contributed by atoms with E-state index in [0.717, 1.165) is 24.0 Å². The first-order chi connectivity index (χ1) is 11.9. The molecule has 1 aromatic carbocycles. The summed E-state index contributed by atoms with van der Waals surface area (Å²) < 4.78 is 41.7. The molecule has 3 rings (SSSR count). The van der Waals surface area contributed by atoms with E-state index < -0.39 is 17.8 Å². The van der Waals surface area contributed by atoms with Crippen LogP contribution in [0.3, 0.4) is 0 Å². The Hall–Kier alpha value is -2.35. The molecule has 0 aliphatic carbocycles. The maximum absolute atomic E-state index is 13.6. The number of quaternary nitrogens is 1. The lowest BCUT2D eigenvalue weighted by Gasteiger charge is -2.30. The van der Waals surface area contributed by atoms with Crippen LogP contribution >= 0.6 is 0 Å². The number of likely N-dealkylation sites (N-methyl/N-ethyl adjacent to an activating group) is 1. The third-order valence-electron chi connectivity index (χ3n) is 4.42. The third-order valence-corrected chi connectivity index (χ3v) is 4.42. The lowest BCUT2D eigenvalue weighted by Crippen LogP contribution is -3.12. The number of hydrogen-bond acceptors (Lipinski definition) is 2. The van der Waals surface area contributed by atoms with Crippen molar-refractivity contribution >= 4 is 5.91 Å². The van der Waals surface area contributed by atoms with Crippen molar-refractivity contribution in [3.63, 3.8) is 0 Å². The van der Waals surface area contributed by atoms with Crippen LogP contribution in [0.4, 0.5) is 13.2 Å². The first-order valence-electron chi connectivity index (χ1n) is 8.14. The van der Waals surface area contributed by atoms with Gasteiger partial charge < -0.3 is 9.80 Å². The van der Waals surface area contributed by atoms with Gasteiger partial charge in [0.15, 0.2) is 5.69 Å². The molecule has 0 spiro atoms. The van der Waals surface area contributed by atoms with Gasteiger partial charge in [0.05, 0.1) is 51.5 Å². The summed E-state index contributed by atoms with van der Waals surface area (Å²) in [7, 11) is 2.00. The Morgan fingerprint density at radius 3 is 2.44 bits per heavy atom. The molecule has 1 aliphatic rings. The first kappa shape index (κ1) is 17.5. The predicted octanol–water partition coefficient (Wildman–Crippen LogP) is 0.921. The van der Waals surface area contributed by atoms with Gasteiger partial charge in [-0.25, -0.2) is 0 Å². The number of amides is 1. The molecule has 0 radical (unpaired) electrons. The van der Waals surface area contributed by atoms with Gasteiger partial charge in [-0.1, -0.05) is 30.3 Å². The number of benzene rings is 1. The molecule has 5 nitrogen and oxygen atoms in total. The topological polar surface area (TPSA) is 42.6 Å². The standard InChI is InChI=1S/C17H19F3N4O/c1-22-7-9-23(10-8-22)16(25)14-11-21-24(15(14)17(18,19)20)12-13-5-3-2-4-6-13/h2-6,11H,7-10,12H2,1H3/p+1. The van der Waals surface area contributed by atoms with Crippen LogP contribution in [0.5, 0.6) is 0 Å². The first-order valence-corrected chi connectivity index (χ1v) is 8.14. The largest absolute Gasteiger partial charge is 0.433 e. The minimum atomic E-state index is -4.64. The second-order valence-electron chi connectivity index (χ2n) is 6.30. The van der Waals surface area contributed by atoms with Crippen molar-refractivity contribution in [3.05, 3.63) is 53.3 Å². The molecule has 25 heavy (non-hydrogen) atoms. The maximum Gasteiger partial charge on any atom is 0.433 e. The van der Waals surface area contributed by atoms with Crippen molar-refractivity contribution < 1.29 is 22.9 Å². The Balaban J connectivity index is 1.90. The summed E-state index contributed by atoms with van der Waals surface area (Å²) >= 11 is 0. The van der Waals surface area contributed by atoms with Gasteiger partial charge in [-0.2, -0.15) is 18.3 Å². The van der Waals surface area contributed by atoms with E-state index in [-0.39, 0.29) is 12.1 Å². The highest BCUT2D eigenvalue weighted by molar-refractivity contribution is 5.95. The number of piperazine rings is 1. The molecule has 1 N–H and O–H groups in total. The summed E-state index contributed by atoms with van der Waals surface area (Å²) in [6, 6.07) is 8.76. The average molecular weight is 353 g/mol. The molecule has 1 aromatic heterocycles. The Kier molecular flexibility index (Phi) is 4.80. The van der Waals surface area contributed by atoms with Crippen LogP contribution in [-0.4, -0.2) is 53.8 Å². The highest BCUT2D eigenvalue weighted by atomic mass is 19.4. The zero-order chi connectivity index (χ0) is 18.0. The van der Waals surface area contributed by atoms with Gasteiger partial charge in [0, 0.05) is 0 Å². The molecular formula is C17H20F3N4O+. The average Bonchev–Trinajstić information content (AvgIpc) is 3.00. The molecule has 1 saturated heterocycles. The zero-order valence-corrected chi connectivity index (χ0v) is 13.9. The van der Waals surface area contributed by atoms with Crippen LogP contribution in [0.1, 0.15) is 21.6 Å².